The van der Waals surface area contributed by atoms with Gasteiger partial charge in [-0.1, -0.05) is 23.2 Å². The molecule has 0 radical (unpaired) electrons. The van der Waals surface area contributed by atoms with Gasteiger partial charge in [0.15, 0.2) is 0 Å². The third-order valence-corrected chi connectivity index (χ3v) is 3.88. The number of nitrogens with one attached hydrogen (secondary N) is 2. The number of rotatable bonds is 8. The van der Waals surface area contributed by atoms with E-state index in [0.29, 0.717) is 32.7 Å². The van der Waals surface area contributed by atoms with E-state index < -0.39 is 6.03 Å². The van der Waals surface area contributed by atoms with Gasteiger partial charge in [0, 0.05) is 21.2 Å². The van der Waals surface area contributed by atoms with Gasteiger partial charge in [0.2, 0.25) is 0 Å². The molecular weight excluding hydrogens is 427 g/mol. The minimum atomic E-state index is -0.621. The highest BCUT2D eigenvalue weighted by atomic mass is 35.5. The summed E-state index contributed by atoms with van der Waals surface area (Å²) in [6, 6.07) is 9.69. The van der Waals surface area contributed by atoms with Gasteiger partial charge in [-0.2, -0.15) is 10.2 Å². The van der Waals surface area contributed by atoms with Crippen molar-refractivity contribution in [3.63, 3.8) is 0 Å². The average molecular weight is 451 g/mol. The smallest absolute Gasteiger partial charge is 0.355 e. The van der Waals surface area contributed by atoms with Crippen molar-refractivity contribution in [3.05, 3.63) is 57.6 Å². The SMILES string of the molecule is CC(C)Oc1ccc(Cl)cc1/C=N/NC(=O)N/N=C/c1cc(Cl)ccc1OC(C)C. The third-order valence-electron chi connectivity index (χ3n) is 3.41. The van der Waals surface area contributed by atoms with Crippen LogP contribution >= 0.6 is 23.2 Å². The molecule has 0 saturated carbocycles. The summed E-state index contributed by atoms with van der Waals surface area (Å²) in [7, 11) is 0. The quantitative estimate of drug-likeness (QED) is 0.426. The van der Waals surface area contributed by atoms with Crippen molar-refractivity contribution in [1.29, 1.82) is 0 Å². The summed E-state index contributed by atoms with van der Waals surface area (Å²) in [5.74, 6) is 1.22. The van der Waals surface area contributed by atoms with E-state index in [-0.39, 0.29) is 12.2 Å². The molecule has 0 aliphatic carbocycles. The van der Waals surface area contributed by atoms with E-state index in [4.69, 9.17) is 32.7 Å². The van der Waals surface area contributed by atoms with Crippen LogP contribution in [0.4, 0.5) is 4.79 Å². The lowest BCUT2D eigenvalue weighted by atomic mass is 10.2. The molecule has 0 fully saturated rings. The lowest BCUT2D eigenvalue weighted by Crippen LogP contribution is -2.28. The maximum absolute atomic E-state index is 11.9. The van der Waals surface area contributed by atoms with Crippen LogP contribution in [-0.4, -0.2) is 30.7 Å². The minimum Gasteiger partial charge on any atom is -0.490 e. The third kappa shape index (κ3) is 7.93. The largest absolute Gasteiger partial charge is 0.490 e. The Bertz CT molecular complexity index is 857. The van der Waals surface area contributed by atoms with E-state index in [1.807, 2.05) is 27.7 Å². The molecule has 0 atom stereocenters. The van der Waals surface area contributed by atoms with Crippen molar-refractivity contribution in [2.24, 2.45) is 10.2 Å². The molecule has 0 aliphatic rings. The van der Waals surface area contributed by atoms with E-state index in [1.54, 1.807) is 36.4 Å². The molecule has 2 aromatic rings. The number of nitrogens with zero attached hydrogens (tertiary/aromatic N) is 2. The van der Waals surface area contributed by atoms with Gasteiger partial charge in [-0.3, -0.25) is 0 Å². The number of carbonyl (C=O) groups is 1. The summed E-state index contributed by atoms with van der Waals surface area (Å²) >= 11 is 12.0. The lowest BCUT2D eigenvalue weighted by molar-refractivity contribution is 0.240. The second-order valence-corrected chi connectivity index (χ2v) is 7.64. The molecule has 2 aromatic carbocycles. The Labute approximate surface area is 186 Å². The molecule has 0 spiro atoms. The molecule has 2 N–H and O–H groups in total. The zero-order valence-electron chi connectivity index (χ0n) is 17.1. The molecule has 2 amide bonds. The molecular formula is C21H24Cl2N4O3. The van der Waals surface area contributed by atoms with Gasteiger partial charge in [-0.15, -0.1) is 0 Å². The fourth-order valence-electron chi connectivity index (χ4n) is 2.31. The van der Waals surface area contributed by atoms with Crippen molar-refractivity contribution < 1.29 is 14.3 Å². The first-order valence-electron chi connectivity index (χ1n) is 9.29. The summed E-state index contributed by atoms with van der Waals surface area (Å²) in [6.45, 7) is 7.65. The average Bonchev–Trinajstić information content (AvgIpc) is 2.65. The van der Waals surface area contributed by atoms with E-state index >= 15 is 0 Å². The summed E-state index contributed by atoms with van der Waals surface area (Å²) in [6.07, 6.45) is 2.86. The van der Waals surface area contributed by atoms with Gasteiger partial charge in [-0.05, 0) is 64.1 Å². The highest BCUT2D eigenvalue weighted by molar-refractivity contribution is 6.31. The number of halogens is 2. The predicted octanol–water partition coefficient (Wildman–Crippen LogP) is 5.24. The monoisotopic (exact) mass is 450 g/mol. The Kier molecular flexibility index (Phi) is 8.95. The molecule has 0 heterocycles. The number of hydrogen-bond acceptors (Lipinski definition) is 5. The molecule has 2 rings (SSSR count). The van der Waals surface area contributed by atoms with Crippen LogP contribution < -0.4 is 20.3 Å². The molecule has 0 aromatic heterocycles. The van der Waals surface area contributed by atoms with Gasteiger partial charge in [-0.25, -0.2) is 15.6 Å². The number of hydrazone groups is 2. The standard InChI is InChI=1S/C21H24Cl2N4O3/c1-13(2)29-19-7-5-17(22)9-15(19)11-24-26-21(28)27-25-12-16-10-18(23)6-8-20(16)30-14(3)4/h5-14H,1-4H3,(H2,26,27,28)/b24-11+,25-12+. The number of hydrogen-bond donors (Lipinski definition) is 2. The summed E-state index contributed by atoms with van der Waals surface area (Å²) in [5.41, 5.74) is 5.92. The molecule has 30 heavy (non-hydrogen) atoms. The number of carbonyl (C=O) groups excluding carboxylic acids is 1. The molecule has 0 bridgehead atoms. The Hall–Kier alpha value is -2.77. The summed E-state index contributed by atoms with van der Waals surface area (Å²) < 4.78 is 11.4. The van der Waals surface area contributed by atoms with Crippen LogP contribution in [0.3, 0.4) is 0 Å². The van der Waals surface area contributed by atoms with E-state index in [9.17, 15) is 4.79 Å². The van der Waals surface area contributed by atoms with Crippen LogP contribution in [0.15, 0.2) is 46.6 Å². The van der Waals surface area contributed by atoms with E-state index in [1.165, 1.54) is 12.4 Å². The van der Waals surface area contributed by atoms with E-state index in [0.717, 1.165) is 0 Å². The van der Waals surface area contributed by atoms with Crippen molar-refractivity contribution >= 4 is 41.7 Å². The Morgan fingerprint density at radius 2 is 1.23 bits per heavy atom. The first-order valence-corrected chi connectivity index (χ1v) is 10.0. The fourth-order valence-corrected chi connectivity index (χ4v) is 2.67. The van der Waals surface area contributed by atoms with Crippen LogP contribution in [0.25, 0.3) is 0 Å². The molecule has 9 heteroatoms. The minimum absolute atomic E-state index is 0.0139. The molecule has 0 unspecified atom stereocenters. The van der Waals surface area contributed by atoms with Gasteiger partial charge >= 0.3 is 6.03 Å². The maximum atomic E-state index is 11.9. The van der Waals surface area contributed by atoms with Crippen molar-refractivity contribution in [1.82, 2.24) is 10.9 Å². The molecule has 0 saturated heterocycles. The van der Waals surface area contributed by atoms with E-state index in [2.05, 4.69) is 21.1 Å². The number of urea groups is 1. The number of ether oxygens (including phenoxy) is 2. The second-order valence-electron chi connectivity index (χ2n) is 6.77. The first-order chi connectivity index (χ1) is 14.2. The van der Waals surface area contributed by atoms with Crippen molar-refractivity contribution in [2.45, 2.75) is 39.9 Å². The second kappa shape index (κ2) is 11.4. The van der Waals surface area contributed by atoms with Crippen LogP contribution in [-0.2, 0) is 0 Å². The van der Waals surface area contributed by atoms with Gasteiger partial charge in [0.1, 0.15) is 11.5 Å². The highest BCUT2D eigenvalue weighted by Crippen LogP contribution is 2.23. The van der Waals surface area contributed by atoms with Crippen LogP contribution in [0, 0.1) is 0 Å². The number of benzene rings is 2. The summed E-state index contributed by atoms with van der Waals surface area (Å²) in [4.78, 5) is 11.9. The molecule has 0 aliphatic heterocycles. The van der Waals surface area contributed by atoms with Crippen LogP contribution in [0.5, 0.6) is 11.5 Å². The first kappa shape index (κ1) is 23.5. The van der Waals surface area contributed by atoms with Gasteiger partial charge in [0.05, 0.1) is 24.6 Å². The van der Waals surface area contributed by atoms with Crippen LogP contribution in [0.2, 0.25) is 10.0 Å². The fraction of sp³-hybridized carbons (Fsp3) is 0.286. The Morgan fingerprint density at radius 1 is 0.833 bits per heavy atom. The van der Waals surface area contributed by atoms with Gasteiger partial charge < -0.3 is 9.47 Å². The summed E-state index contributed by atoms with van der Waals surface area (Å²) in [5, 5.41) is 8.86. The highest BCUT2D eigenvalue weighted by Gasteiger charge is 2.06. The predicted molar refractivity (Wildman–Crippen MR) is 121 cm³/mol. The topological polar surface area (TPSA) is 84.3 Å². The van der Waals surface area contributed by atoms with Crippen molar-refractivity contribution in [2.75, 3.05) is 0 Å². The molecule has 7 nitrogen and oxygen atoms in total. The molecule has 160 valence electrons. The lowest BCUT2D eigenvalue weighted by Gasteiger charge is -2.12. The number of amides is 2. The zero-order valence-corrected chi connectivity index (χ0v) is 18.7. The van der Waals surface area contributed by atoms with Crippen molar-refractivity contribution in [3.8, 4) is 11.5 Å². The normalized spacial score (nSPS) is 11.5. The zero-order chi connectivity index (χ0) is 22.1. The Balaban J connectivity index is 1.98. The van der Waals surface area contributed by atoms with Crippen LogP contribution in [0.1, 0.15) is 38.8 Å². The Morgan fingerprint density at radius 3 is 1.60 bits per heavy atom. The maximum Gasteiger partial charge on any atom is 0.355 e. The van der Waals surface area contributed by atoms with Gasteiger partial charge in [0.25, 0.3) is 0 Å².